The average molecular weight is 274 g/mol. The number of benzene rings is 2. The predicted molar refractivity (Wildman–Crippen MR) is 68.6 cm³/mol. The fourth-order valence-electron chi connectivity index (χ4n) is 1.42. The van der Waals surface area contributed by atoms with E-state index in [1.807, 2.05) is 6.07 Å². The lowest BCUT2D eigenvalue weighted by molar-refractivity contribution is 0.475. The van der Waals surface area contributed by atoms with Crippen LogP contribution < -0.4 is 0 Å². The van der Waals surface area contributed by atoms with Crippen molar-refractivity contribution in [3.8, 4) is 16.9 Å². The number of aromatic hydroxyl groups is 1. The fraction of sp³-hybridized carbons (Fsp3) is 0. The van der Waals surface area contributed by atoms with Crippen molar-refractivity contribution in [3.63, 3.8) is 0 Å². The second-order valence-corrected chi connectivity index (χ2v) is 4.58. The number of hydrogen-bond donors (Lipinski definition) is 1. The van der Waals surface area contributed by atoms with Gasteiger partial charge in [-0.05, 0) is 41.5 Å². The first-order chi connectivity index (χ1) is 7.56. The molecule has 0 saturated carbocycles. The van der Waals surface area contributed by atoms with E-state index in [0.29, 0.717) is 15.1 Å². The highest BCUT2D eigenvalue weighted by atomic mass is 35.5. The summed E-state index contributed by atoms with van der Waals surface area (Å²) >= 11 is 17.6. The lowest BCUT2D eigenvalue weighted by Crippen LogP contribution is -1.79. The highest BCUT2D eigenvalue weighted by Crippen LogP contribution is 2.31. The summed E-state index contributed by atoms with van der Waals surface area (Å²) < 4.78 is 0. The van der Waals surface area contributed by atoms with Gasteiger partial charge in [0.2, 0.25) is 0 Å². The Morgan fingerprint density at radius 3 is 2.12 bits per heavy atom. The van der Waals surface area contributed by atoms with Gasteiger partial charge < -0.3 is 5.11 Å². The van der Waals surface area contributed by atoms with Crippen LogP contribution >= 0.6 is 34.8 Å². The third-order valence-electron chi connectivity index (χ3n) is 2.14. The Balaban J connectivity index is 2.54. The molecule has 1 N–H and O–H groups in total. The molecule has 4 heteroatoms. The summed E-state index contributed by atoms with van der Waals surface area (Å²) in [6, 6.07) is 10.1. The van der Waals surface area contributed by atoms with Gasteiger partial charge in [-0.1, -0.05) is 40.9 Å². The van der Waals surface area contributed by atoms with E-state index >= 15 is 0 Å². The van der Waals surface area contributed by atoms with Gasteiger partial charge in [-0.25, -0.2) is 0 Å². The summed E-state index contributed by atoms with van der Waals surface area (Å²) in [5, 5.41) is 10.9. The smallest absolute Gasteiger partial charge is 0.117 e. The minimum absolute atomic E-state index is 0.119. The largest absolute Gasteiger partial charge is 0.508 e. The fourth-order valence-corrected chi connectivity index (χ4v) is 1.94. The summed E-state index contributed by atoms with van der Waals surface area (Å²) in [6.45, 7) is 0. The summed E-state index contributed by atoms with van der Waals surface area (Å²) in [5.74, 6) is 0.119. The molecule has 0 amide bonds. The molecular weight excluding hydrogens is 266 g/mol. The molecule has 0 fully saturated rings. The van der Waals surface area contributed by atoms with E-state index in [0.717, 1.165) is 11.1 Å². The molecule has 82 valence electrons. The van der Waals surface area contributed by atoms with Crippen LogP contribution in [0.15, 0.2) is 36.4 Å². The molecule has 0 bridgehead atoms. The van der Waals surface area contributed by atoms with Crippen LogP contribution in [0.1, 0.15) is 0 Å². The molecule has 1 nitrogen and oxygen atoms in total. The van der Waals surface area contributed by atoms with Crippen LogP contribution in [-0.2, 0) is 0 Å². The standard InChI is InChI=1S/C12H7Cl3O/c13-9-3-8(4-10(16)6-9)7-1-2-11(14)12(15)5-7/h1-6,16H. The molecule has 0 aliphatic heterocycles. The van der Waals surface area contributed by atoms with Gasteiger partial charge in [-0.3, -0.25) is 0 Å². The molecule has 0 heterocycles. The van der Waals surface area contributed by atoms with E-state index in [1.165, 1.54) is 6.07 Å². The molecule has 0 saturated heterocycles. The van der Waals surface area contributed by atoms with Gasteiger partial charge >= 0.3 is 0 Å². The lowest BCUT2D eigenvalue weighted by Gasteiger charge is -2.05. The average Bonchev–Trinajstić information content (AvgIpc) is 2.20. The van der Waals surface area contributed by atoms with E-state index in [2.05, 4.69) is 0 Å². The van der Waals surface area contributed by atoms with Crippen molar-refractivity contribution in [2.45, 2.75) is 0 Å². The molecule has 0 aromatic heterocycles. The zero-order valence-electron chi connectivity index (χ0n) is 8.05. The second-order valence-electron chi connectivity index (χ2n) is 3.33. The predicted octanol–water partition coefficient (Wildman–Crippen LogP) is 5.02. The first-order valence-electron chi connectivity index (χ1n) is 4.51. The summed E-state index contributed by atoms with van der Waals surface area (Å²) in [7, 11) is 0. The summed E-state index contributed by atoms with van der Waals surface area (Å²) in [4.78, 5) is 0. The van der Waals surface area contributed by atoms with Crippen molar-refractivity contribution in [2.24, 2.45) is 0 Å². The van der Waals surface area contributed by atoms with Gasteiger partial charge in [0.05, 0.1) is 10.0 Å². The second kappa shape index (κ2) is 4.54. The summed E-state index contributed by atoms with van der Waals surface area (Å²) in [5.41, 5.74) is 1.65. The van der Waals surface area contributed by atoms with E-state index < -0.39 is 0 Å². The molecule has 0 aliphatic rings. The summed E-state index contributed by atoms with van der Waals surface area (Å²) in [6.07, 6.45) is 0. The van der Waals surface area contributed by atoms with E-state index in [9.17, 15) is 5.11 Å². The monoisotopic (exact) mass is 272 g/mol. The quantitative estimate of drug-likeness (QED) is 0.773. The Bertz CT molecular complexity index is 518. The van der Waals surface area contributed by atoms with Crippen molar-refractivity contribution in [3.05, 3.63) is 51.5 Å². The topological polar surface area (TPSA) is 20.2 Å². The number of phenolic OH excluding ortho intramolecular Hbond substituents is 1. The molecule has 0 radical (unpaired) electrons. The normalized spacial score (nSPS) is 10.4. The zero-order valence-corrected chi connectivity index (χ0v) is 10.3. The number of phenols is 1. The van der Waals surface area contributed by atoms with Crippen LogP contribution in [-0.4, -0.2) is 5.11 Å². The third kappa shape index (κ3) is 2.43. The maximum absolute atomic E-state index is 9.44. The molecule has 2 rings (SSSR count). The number of rotatable bonds is 1. The van der Waals surface area contributed by atoms with E-state index in [-0.39, 0.29) is 5.75 Å². The lowest BCUT2D eigenvalue weighted by atomic mass is 10.1. The van der Waals surface area contributed by atoms with Crippen LogP contribution in [0.2, 0.25) is 15.1 Å². The minimum atomic E-state index is 0.119. The van der Waals surface area contributed by atoms with Crippen molar-refractivity contribution < 1.29 is 5.11 Å². The molecular formula is C12H7Cl3O. The zero-order chi connectivity index (χ0) is 11.7. The minimum Gasteiger partial charge on any atom is -0.508 e. The van der Waals surface area contributed by atoms with Gasteiger partial charge in [-0.15, -0.1) is 0 Å². The molecule has 2 aromatic carbocycles. The van der Waals surface area contributed by atoms with Crippen LogP contribution in [0.5, 0.6) is 5.75 Å². The van der Waals surface area contributed by atoms with Crippen LogP contribution in [0.3, 0.4) is 0 Å². The molecule has 0 unspecified atom stereocenters. The van der Waals surface area contributed by atoms with Crippen LogP contribution in [0.4, 0.5) is 0 Å². The van der Waals surface area contributed by atoms with Crippen molar-refractivity contribution in [2.75, 3.05) is 0 Å². The molecule has 2 aromatic rings. The Hall–Kier alpha value is -0.890. The van der Waals surface area contributed by atoms with Gasteiger partial charge in [0, 0.05) is 5.02 Å². The molecule has 16 heavy (non-hydrogen) atoms. The van der Waals surface area contributed by atoms with Crippen molar-refractivity contribution in [1.82, 2.24) is 0 Å². The Morgan fingerprint density at radius 1 is 0.750 bits per heavy atom. The number of hydrogen-bond acceptors (Lipinski definition) is 1. The number of halogens is 3. The van der Waals surface area contributed by atoms with Gasteiger partial charge in [0.15, 0.2) is 0 Å². The molecule has 0 aliphatic carbocycles. The highest BCUT2D eigenvalue weighted by molar-refractivity contribution is 6.42. The third-order valence-corrected chi connectivity index (χ3v) is 3.09. The van der Waals surface area contributed by atoms with Crippen LogP contribution in [0.25, 0.3) is 11.1 Å². The maximum Gasteiger partial charge on any atom is 0.117 e. The van der Waals surface area contributed by atoms with E-state index in [4.69, 9.17) is 34.8 Å². The van der Waals surface area contributed by atoms with Crippen molar-refractivity contribution >= 4 is 34.8 Å². The first kappa shape index (κ1) is 11.6. The Kier molecular flexibility index (Phi) is 3.29. The Morgan fingerprint density at radius 2 is 1.50 bits per heavy atom. The van der Waals surface area contributed by atoms with Gasteiger partial charge in [0.25, 0.3) is 0 Å². The van der Waals surface area contributed by atoms with Gasteiger partial charge in [0.1, 0.15) is 5.75 Å². The first-order valence-corrected chi connectivity index (χ1v) is 5.64. The molecule has 0 atom stereocenters. The van der Waals surface area contributed by atoms with Crippen molar-refractivity contribution in [1.29, 1.82) is 0 Å². The van der Waals surface area contributed by atoms with Gasteiger partial charge in [-0.2, -0.15) is 0 Å². The maximum atomic E-state index is 9.44. The Labute approximate surface area is 108 Å². The van der Waals surface area contributed by atoms with E-state index in [1.54, 1.807) is 24.3 Å². The highest BCUT2D eigenvalue weighted by Gasteiger charge is 2.04. The van der Waals surface area contributed by atoms with Crippen LogP contribution in [0, 0.1) is 0 Å². The molecule has 0 spiro atoms. The SMILES string of the molecule is Oc1cc(Cl)cc(-c2ccc(Cl)c(Cl)c2)c1.